The highest BCUT2D eigenvalue weighted by atomic mass is 32.1. The first kappa shape index (κ1) is 15.0. The van der Waals surface area contributed by atoms with Gasteiger partial charge in [0.2, 0.25) is 5.91 Å². The van der Waals surface area contributed by atoms with Gasteiger partial charge >= 0.3 is 0 Å². The van der Waals surface area contributed by atoms with E-state index >= 15 is 0 Å². The summed E-state index contributed by atoms with van der Waals surface area (Å²) in [5.41, 5.74) is -0.785. The van der Waals surface area contributed by atoms with Crippen LogP contribution in [0.15, 0.2) is 17.5 Å². The summed E-state index contributed by atoms with van der Waals surface area (Å²) in [6.07, 6.45) is 3.34. The van der Waals surface area contributed by atoms with Crippen LogP contribution in [0.4, 0.5) is 0 Å². The maximum Gasteiger partial charge on any atom is 0.240 e. The maximum atomic E-state index is 12.3. The molecule has 1 unspecified atom stereocenters. The number of nitrogens with zero attached hydrogens (tertiary/aromatic N) is 2. The average Bonchev–Trinajstić information content (AvgIpc) is 3.10. The van der Waals surface area contributed by atoms with Crippen LogP contribution in [-0.2, 0) is 4.79 Å². The highest BCUT2D eigenvalue weighted by Crippen LogP contribution is 2.37. The van der Waals surface area contributed by atoms with E-state index < -0.39 is 5.41 Å². The van der Waals surface area contributed by atoms with Crippen LogP contribution in [0.1, 0.15) is 36.6 Å². The monoisotopic (exact) mass is 291 g/mol. The van der Waals surface area contributed by atoms with Crippen molar-refractivity contribution in [3.8, 4) is 6.07 Å². The fourth-order valence-corrected chi connectivity index (χ4v) is 3.67. The Hall–Kier alpha value is -1.38. The van der Waals surface area contributed by atoms with Gasteiger partial charge in [0.15, 0.2) is 0 Å². The molecule has 1 aromatic rings. The largest absolute Gasteiger partial charge is 0.353 e. The molecule has 1 N–H and O–H groups in total. The molecule has 1 saturated carbocycles. The molecule has 4 nitrogen and oxygen atoms in total. The number of amides is 1. The number of likely N-dealkylation sites (N-methyl/N-ethyl adjacent to an activating group) is 1. The van der Waals surface area contributed by atoms with E-state index in [4.69, 9.17) is 0 Å². The van der Waals surface area contributed by atoms with E-state index in [0.29, 0.717) is 19.4 Å². The van der Waals surface area contributed by atoms with E-state index in [0.717, 1.165) is 12.8 Å². The molecule has 108 valence electrons. The molecule has 1 atom stereocenters. The number of carbonyl (C=O) groups excluding carboxylic acids is 1. The Kier molecular flexibility index (Phi) is 4.79. The van der Waals surface area contributed by atoms with Gasteiger partial charge < -0.3 is 10.2 Å². The molecule has 1 aliphatic carbocycles. The van der Waals surface area contributed by atoms with Crippen molar-refractivity contribution in [2.45, 2.75) is 31.7 Å². The third kappa shape index (κ3) is 3.02. The van der Waals surface area contributed by atoms with Crippen LogP contribution < -0.4 is 5.32 Å². The highest BCUT2D eigenvalue weighted by Gasteiger charge is 2.41. The fourth-order valence-electron chi connectivity index (χ4n) is 2.75. The number of hydrogen-bond donors (Lipinski definition) is 1. The number of hydrogen-bond acceptors (Lipinski definition) is 4. The number of carbonyl (C=O) groups is 1. The van der Waals surface area contributed by atoms with Crippen molar-refractivity contribution in [2.24, 2.45) is 5.41 Å². The second-order valence-electron chi connectivity index (χ2n) is 5.61. The minimum Gasteiger partial charge on any atom is -0.353 e. The molecule has 1 heterocycles. The van der Waals surface area contributed by atoms with Crippen molar-refractivity contribution in [1.29, 1.82) is 5.26 Å². The van der Waals surface area contributed by atoms with Gasteiger partial charge in [0, 0.05) is 11.4 Å². The standard InChI is InChI=1S/C15H21N3OS/c1-18(2)12(13-6-5-9-20-13)10-17-14(19)15(11-16)7-3-4-8-15/h5-6,9,12H,3-4,7-8,10H2,1-2H3,(H,17,19). The first-order valence-electron chi connectivity index (χ1n) is 6.98. The first-order chi connectivity index (χ1) is 9.59. The topological polar surface area (TPSA) is 56.1 Å². The number of thiophene rings is 1. The lowest BCUT2D eigenvalue weighted by atomic mass is 9.87. The van der Waals surface area contributed by atoms with E-state index in [2.05, 4.69) is 22.4 Å². The number of nitrogens with one attached hydrogen (secondary N) is 1. The average molecular weight is 291 g/mol. The second kappa shape index (κ2) is 6.38. The van der Waals surface area contributed by atoms with Crippen molar-refractivity contribution < 1.29 is 4.79 Å². The van der Waals surface area contributed by atoms with Gasteiger partial charge in [0.1, 0.15) is 5.41 Å². The van der Waals surface area contributed by atoms with Gasteiger partial charge in [0.05, 0.1) is 12.1 Å². The van der Waals surface area contributed by atoms with Crippen LogP contribution in [-0.4, -0.2) is 31.4 Å². The van der Waals surface area contributed by atoms with Crippen LogP contribution in [0.3, 0.4) is 0 Å². The van der Waals surface area contributed by atoms with Crippen LogP contribution in [0.2, 0.25) is 0 Å². The Bertz CT molecular complexity index is 484. The van der Waals surface area contributed by atoms with Crippen molar-refractivity contribution >= 4 is 17.2 Å². The van der Waals surface area contributed by atoms with Crippen LogP contribution in [0.5, 0.6) is 0 Å². The molecule has 0 spiro atoms. The second-order valence-corrected chi connectivity index (χ2v) is 6.59. The summed E-state index contributed by atoms with van der Waals surface area (Å²) >= 11 is 1.69. The smallest absolute Gasteiger partial charge is 0.240 e. The lowest BCUT2D eigenvalue weighted by Crippen LogP contribution is -2.42. The Morgan fingerprint density at radius 1 is 1.55 bits per heavy atom. The quantitative estimate of drug-likeness (QED) is 0.907. The van der Waals surface area contributed by atoms with Crippen LogP contribution in [0, 0.1) is 16.7 Å². The van der Waals surface area contributed by atoms with E-state index in [-0.39, 0.29) is 11.9 Å². The summed E-state index contributed by atoms with van der Waals surface area (Å²) in [7, 11) is 4.01. The first-order valence-corrected chi connectivity index (χ1v) is 7.86. The van der Waals surface area contributed by atoms with Gasteiger partial charge in [-0.05, 0) is 38.4 Å². The van der Waals surface area contributed by atoms with Gasteiger partial charge in [-0.3, -0.25) is 4.79 Å². The van der Waals surface area contributed by atoms with Crippen molar-refractivity contribution in [2.75, 3.05) is 20.6 Å². The van der Waals surface area contributed by atoms with Gasteiger partial charge in [-0.15, -0.1) is 11.3 Å². The zero-order chi connectivity index (χ0) is 14.6. The molecule has 1 aromatic heterocycles. The molecule has 1 fully saturated rings. The van der Waals surface area contributed by atoms with E-state index in [1.54, 1.807) is 11.3 Å². The Labute approximate surface area is 124 Å². The molecule has 2 rings (SSSR count). The zero-order valence-corrected chi connectivity index (χ0v) is 12.9. The van der Waals surface area contributed by atoms with Crippen molar-refractivity contribution in [1.82, 2.24) is 10.2 Å². The van der Waals surface area contributed by atoms with Crippen molar-refractivity contribution in [3.63, 3.8) is 0 Å². The van der Waals surface area contributed by atoms with Gasteiger partial charge in [-0.1, -0.05) is 18.9 Å². The van der Waals surface area contributed by atoms with Crippen molar-refractivity contribution in [3.05, 3.63) is 22.4 Å². The SMILES string of the molecule is CN(C)C(CNC(=O)C1(C#N)CCCC1)c1cccs1. The zero-order valence-electron chi connectivity index (χ0n) is 12.1. The summed E-state index contributed by atoms with van der Waals surface area (Å²) in [5, 5.41) is 14.4. The van der Waals surface area contributed by atoms with E-state index in [9.17, 15) is 10.1 Å². The van der Waals surface area contributed by atoms with E-state index in [1.807, 2.05) is 25.5 Å². The third-order valence-electron chi connectivity index (χ3n) is 4.06. The lowest BCUT2D eigenvalue weighted by molar-refractivity contribution is -0.128. The predicted molar refractivity (Wildman–Crippen MR) is 80.3 cm³/mol. The Morgan fingerprint density at radius 3 is 2.75 bits per heavy atom. The molecule has 5 heteroatoms. The van der Waals surface area contributed by atoms with Gasteiger partial charge in [-0.2, -0.15) is 5.26 Å². The normalized spacial score (nSPS) is 18.7. The summed E-state index contributed by atoms with van der Waals surface area (Å²) in [5.74, 6) is -0.0964. The van der Waals surface area contributed by atoms with Crippen LogP contribution >= 0.6 is 11.3 Å². The van der Waals surface area contributed by atoms with Crippen LogP contribution in [0.25, 0.3) is 0 Å². The fraction of sp³-hybridized carbons (Fsp3) is 0.600. The molecule has 0 bridgehead atoms. The summed E-state index contributed by atoms with van der Waals surface area (Å²) < 4.78 is 0. The maximum absolute atomic E-state index is 12.3. The number of nitriles is 1. The molecular formula is C15H21N3OS. The number of rotatable bonds is 5. The van der Waals surface area contributed by atoms with Gasteiger partial charge in [-0.25, -0.2) is 0 Å². The minimum absolute atomic E-state index is 0.0964. The highest BCUT2D eigenvalue weighted by molar-refractivity contribution is 7.10. The lowest BCUT2D eigenvalue weighted by Gasteiger charge is -2.26. The Balaban J connectivity index is 2.00. The molecule has 0 aliphatic heterocycles. The van der Waals surface area contributed by atoms with Gasteiger partial charge in [0.25, 0.3) is 0 Å². The molecule has 20 heavy (non-hydrogen) atoms. The molecular weight excluding hydrogens is 270 g/mol. The molecule has 0 radical (unpaired) electrons. The summed E-state index contributed by atoms with van der Waals surface area (Å²) in [4.78, 5) is 15.7. The molecule has 0 aromatic carbocycles. The Morgan fingerprint density at radius 2 is 2.25 bits per heavy atom. The molecule has 1 amide bonds. The van der Waals surface area contributed by atoms with E-state index in [1.165, 1.54) is 4.88 Å². The molecule has 1 aliphatic rings. The molecule has 0 saturated heterocycles. The summed E-state index contributed by atoms with van der Waals surface area (Å²) in [6, 6.07) is 6.51. The third-order valence-corrected chi connectivity index (χ3v) is 5.03. The predicted octanol–water partition coefficient (Wildman–Crippen LogP) is 2.55. The minimum atomic E-state index is -0.785. The summed E-state index contributed by atoms with van der Waals surface area (Å²) in [6.45, 7) is 0.551.